The Balaban J connectivity index is 1.66. The largest absolute Gasteiger partial charge is 0.467 e. The average Bonchev–Trinajstić information content (AvgIpc) is 3.56. The number of aromatic nitrogens is 3. The van der Waals surface area contributed by atoms with E-state index in [0.29, 0.717) is 12.0 Å². The van der Waals surface area contributed by atoms with Crippen LogP contribution in [0.4, 0.5) is 0 Å². The highest BCUT2D eigenvalue weighted by molar-refractivity contribution is 7.98. The lowest BCUT2D eigenvalue weighted by molar-refractivity contribution is -0.142. The van der Waals surface area contributed by atoms with E-state index in [1.54, 1.807) is 18.0 Å². The van der Waals surface area contributed by atoms with Crippen LogP contribution in [0.25, 0.3) is 21.9 Å². The Bertz CT molecular complexity index is 1280. The minimum absolute atomic E-state index is 0.283. The van der Waals surface area contributed by atoms with Crippen LogP contribution in [-0.2, 0) is 22.5 Å². The van der Waals surface area contributed by atoms with Crippen molar-refractivity contribution in [1.29, 1.82) is 0 Å². The Morgan fingerprint density at radius 1 is 1.14 bits per heavy atom. The van der Waals surface area contributed by atoms with E-state index >= 15 is 0 Å². The van der Waals surface area contributed by atoms with Gasteiger partial charge < -0.3 is 19.6 Å². The molecule has 182 valence electrons. The van der Waals surface area contributed by atoms with Crippen LogP contribution in [0, 0.1) is 0 Å². The van der Waals surface area contributed by atoms with E-state index < -0.39 is 12.0 Å². The number of aromatic amines is 1. The number of nitrogens with one attached hydrogen (secondary N) is 2. The maximum atomic E-state index is 13.5. The highest BCUT2D eigenvalue weighted by Crippen LogP contribution is 2.32. The summed E-state index contributed by atoms with van der Waals surface area (Å²) in [6.45, 7) is 0.735. The SMILES string of the molecule is COC(=O)[C@H](CCSC)NC(=O)c1cn(CCCc2ncc[nH]2)cc1-c1cccc2ccccc12. The number of thioether (sulfide) groups is 1. The number of carbonyl (C=O) groups excluding carboxylic acids is 2. The van der Waals surface area contributed by atoms with Gasteiger partial charge in [-0.25, -0.2) is 9.78 Å². The zero-order chi connectivity index (χ0) is 24.6. The van der Waals surface area contributed by atoms with E-state index in [9.17, 15) is 9.59 Å². The van der Waals surface area contributed by atoms with Gasteiger partial charge in [0.15, 0.2) is 0 Å². The number of H-pyrrole nitrogens is 1. The van der Waals surface area contributed by atoms with Crippen LogP contribution < -0.4 is 5.32 Å². The molecule has 0 bridgehead atoms. The maximum Gasteiger partial charge on any atom is 0.328 e. The Labute approximate surface area is 209 Å². The number of hydrogen-bond donors (Lipinski definition) is 2. The second-order valence-corrected chi connectivity index (χ2v) is 9.31. The van der Waals surface area contributed by atoms with Crippen molar-refractivity contribution in [3.05, 3.63) is 78.6 Å². The zero-order valence-electron chi connectivity index (χ0n) is 20.0. The normalized spacial score (nSPS) is 11.9. The Morgan fingerprint density at radius 2 is 1.97 bits per heavy atom. The molecule has 0 spiro atoms. The van der Waals surface area contributed by atoms with Gasteiger partial charge in [-0.05, 0) is 41.2 Å². The molecule has 35 heavy (non-hydrogen) atoms. The molecule has 1 atom stereocenters. The molecule has 0 aliphatic carbocycles. The molecule has 0 aliphatic heterocycles. The molecule has 0 aliphatic rings. The van der Waals surface area contributed by atoms with Gasteiger partial charge in [-0.1, -0.05) is 42.5 Å². The Hall–Kier alpha value is -3.52. The van der Waals surface area contributed by atoms with Crippen LogP contribution in [-0.4, -0.2) is 51.6 Å². The number of benzene rings is 2. The predicted molar refractivity (Wildman–Crippen MR) is 141 cm³/mol. The fourth-order valence-electron chi connectivity index (χ4n) is 4.22. The summed E-state index contributed by atoms with van der Waals surface area (Å²) >= 11 is 1.62. The number of fused-ring (bicyclic) bond motifs is 1. The molecule has 2 aromatic heterocycles. The molecular formula is C27H30N4O3S. The summed E-state index contributed by atoms with van der Waals surface area (Å²) in [5, 5.41) is 5.09. The van der Waals surface area contributed by atoms with Crippen LogP contribution in [0.2, 0.25) is 0 Å². The predicted octanol–water partition coefficient (Wildman–Crippen LogP) is 4.69. The van der Waals surface area contributed by atoms with Crippen LogP contribution >= 0.6 is 11.8 Å². The molecule has 0 saturated carbocycles. The quantitative estimate of drug-likeness (QED) is 0.298. The van der Waals surface area contributed by atoms with Crippen molar-refractivity contribution in [3.63, 3.8) is 0 Å². The van der Waals surface area contributed by atoms with Crippen molar-refractivity contribution in [2.75, 3.05) is 19.1 Å². The van der Waals surface area contributed by atoms with Crippen molar-refractivity contribution in [2.45, 2.75) is 31.8 Å². The highest BCUT2D eigenvalue weighted by Gasteiger charge is 2.25. The third kappa shape index (κ3) is 5.95. The highest BCUT2D eigenvalue weighted by atomic mass is 32.2. The van der Waals surface area contributed by atoms with Crippen molar-refractivity contribution < 1.29 is 14.3 Å². The van der Waals surface area contributed by atoms with Gasteiger partial charge in [-0.3, -0.25) is 4.79 Å². The number of rotatable bonds is 11. The molecule has 7 nitrogen and oxygen atoms in total. The second-order valence-electron chi connectivity index (χ2n) is 8.32. The van der Waals surface area contributed by atoms with E-state index in [0.717, 1.165) is 52.9 Å². The van der Waals surface area contributed by atoms with Gasteiger partial charge in [0.2, 0.25) is 0 Å². The van der Waals surface area contributed by atoms with Gasteiger partial charge in [0.25, 0.3) is 5.91 Å². The molecule has 2 aromatic carbocycles. The third-order valence-corrected chi connectivity index (χ3v) is 6.63. The summed E-state index contributed by atoms with van der Waals surface area (Å²) in [4.78, 5) is 33.2. The Morgan fingerprint density at radius 3 is 2.74 bits per heavy atom. The lowest BCUT2D eigenvalue weighted by atomic mass is 9.97. The van der Waals surface area contributed by atoms with Gasteiger partial charge in [-0.2, -0.15) is 11.8 Å². The number of hydrogen-bond acceptors (Lipinski definition) is 5. The van der Waals surface area contributed by atoms with E-state index in [4.69, 9.17) is 4.74 Å². The summed E-state index contributed by atoms with van der Waals surface area (Å²) in [6.07, 6.45) is 11.6. The lowest BCUT2D eigenvalue weighted by Crippen LogP contribution is -2.42. The number of amides is 1. The molecule has 2 N–H and O–H groups in total. The summed E-state index contributed by atoms with van der Waals surface area (Å²) in [5.41, 5.74) is 2.36. The molecule has 0 radical (unpaired) electrons. The van der Waals surface area contributed by atoms with Crippen LogP contribution in [0.3, 0.4) is 0 Å². The molecule has 0 unspecified atom stereocenters. The minimum Gasteiger partial charge on any atom is -0.467 e. The summed E-state index contributed by atoms with van der Waals surface area (Å²) in [5.74, 6) is 0.967. The van der Waals surface area contributed by atoms with Gasteiger partial charge in [-0.15, -0.1) is 0 Å². The van der Waals surface area contributed by atoms with Crippen molar-refractivity contribution >= 4 is 34.4 Å². The second kappa shape index (κ2) is 11.8. The first kappa shape index (κ1) is 24.6. The number of carbonyl (C=O) groups is 2. The van der Waals surface area contributed by atoms with Gasteiger partial charge in [0.05, 0.1) is 12.7 Å². The molecule has 1 amide bonds. The van der Waals surface area contributed by atoms with Gasteiger partial charge in [0.1, 0.15) is 11.9 Å². The van der Waals surface area contributed by atoms with E-state index in [1.807, 2.05) is 53.7 Å². The van der Waals surface area contributed by atoms with E-state index in [2.05, 4.69) is 33.5 Å². The first-order valence-corrected chi connectivity index (χ1v) is 13.0. The van der Waals surface area contributed by atoms with Gasteiger partial charge >= 0.3 is 5.97 Å². The van der Waals surface area contributed by atoms with Crippen molar-refractivity contribution in [3.8, 4) is 11.1 Å². The number of nitrogens with zero attached hydrogens (tertiary/aromatic N) is 2. The number of esters is 1. The molecule has 0 fully saturated rings. The standard InChI is InChI=1S/C27H30N4O3S/c1-34-27(33)24(12-16-35-2)30-26(32)23-18-31(15-6-11-25-28-13-14-29-25)17-22(23)21-10-5-8-19-7-3-4-9-20(19)21/h3-5,7-10,13-14,17-18,24H,6,11-12,15-16H2,1-2H3,(H,28,29)(H,30,32)/t24-/m0/s1. The van der Waals surface area contributed by atoms with E-state index in [-0.39, 0.29) is 5.91 Å². The lowest BCUT2D eigenvalue weighted by Gasteiger charge is -2.16. The maximum absolute atomic E-state index is 13.5. The first-order chi connectivity index (χ1) is 17.1. The number of imidazole rings is 1. The van der Waals surface area contributed by atoms with Crippen LogP contribution in [0.15, 0.2) is 67.3 Å². The monoisotopic (exact) mass is 490 g/mol. The average molecular weight is 491 g/mol. The molecule has 2 heterocycles. The molecule has 4 aromatic rings. The molecule has 0 saturated heterocycles. The van der Waals surface area contributed by atoms with Crippen molar-refractivity contribution in [1.82, 2.24) is 19.9 Å². The third-order valence-electron chi connectivity index (χ3n) is 5.99. The topological polar surface area (TPSA) is 89.0 Å². The molecule has 4 rings (SSSR count). The Kier molecular flexibility index (Phi) is 8.26. The van der Waals surface area contributed by atoms with Crippen LogP contribution in [0.5, 0.6) is 0 Å². The van der Waals surface area contributed by atoms with Gasteiger partial charge in [0, 0.05) is 43.3 Å². The summed E-state index contributed by atoms with van der Waals surface area (Å²) in [7, 11) is 1.34. The van der Waals surface area contributed by atoms with E-state index in [1.165, 1.54) is 7.11 Å². The smallest absolute Gasteiger partial charge is 0.328 e. The first-order valence-electron chi connectivity index (χ1n) is 11.6. The number of methoxy groups -OCH3 is 1. The van der Waals surface area contributed by atoms with Crippen molar-refractivity contribution in [2.24, 2.45) is 0 Å². The fourth-order valence-corrected chi connectivity index (χ4v) is 4.69. The summed E-state index contributed by atoms with van der Waals surface area (Å²) < 4.78 is 6.98. The minimum atomic E-state index is -0.692. The zero-order valence-corrected chi connectivity index (χ0v) is 20.8. The molecular weight excluding hydrogens is 460 g/mol. The fraction of sp³-hybridized carbons (Fsp3) is 0.296. The summed E-state index contributed by atoms with van der Waals surface area (Å²) in [6, 6.07) is 13.5. The molecule has 8 heteroatoms. The number of ether oxygens (including phenoxy) is 1. The van der Waals surface area contributed by atoms with Crippen LogP contribution in [0.1, 0.15) is 29.0 Å². The number of aryl methyl sites for hydroxylation is 2.